The van der Waals surface area contributed by atoms with Gasteiger partial charge in [0.15, 0.2) is 6.10 Å². The maximum absolute atomic E-state index is 12.6. The van der Waals surface area contributed by atoms with E-state index in [1.165, 1.54) is 44.9 Å². The van der Waals surface area contributed by atoms with E-state index < -0.39 is 70.6 Å². The molecule has 330 valence electrons. The minimum atomic E-state index is -4.69. The molecular weight excluding hydrogens is 751 g/mol. The predicted molar refractivity (Wildman–Crippen MR) is 226 cm³/mol. The lowest BCUT2D eigenvalue weighted by Crippen LogP contribution is -2.30. The Balaban J connectivity index is 4.59. The molecule has 0 heterocycles. The van der Waals surface area contributed by atoms with Crippen LogP contribution in [0.1, 0.15) is 155 Å². The quantitative estimate of drug-likeness (QED) is 0.0130. The molecule has 0 aromatic carbocycles. The third-order valence-electron chi connectivity index (χ3n) is 8.87. The Bertz CT molecular complexity index is 1170. The first-order valence-corrected chi connectivity index (χ1v) is 22.9. The fourth-order valence-electron chi connectivity index (χ4n) is 5.38. The number of allylic oxidation sites excluding steroid dienone is 9. The van der Waals surface area contributed by atoms with Crippen LogP contribution in [-0.2, 0) is 32.7 Å². The van der Waals surface area contributed by atoms with Gasteiger partial charge < -0.3 is 34.8 Å². The fourth-order valence-corrected chi connectivity index (χ4v) is 6.17. The van der Waals surface area contributed by atoms with Crippen molar-refractivity contribution in [2.75, 3.05) is 26.4 Å². The number of ether oxygens (including phenoxy) is 2. The van der Waals surface area contributed by atoms with Crippen LogP contribution >= 0.6 is 7.82 Å². The maximum Gasteiger partial charge on any atom is 0.472 e. The number of phosphoric ester groups is 1. The van der Waals surface area contributed by atoms with Gasteiger partial charge in [0.05, 0.1) is 32.0 Å². The van der Waals surface area contributed by atoms with Gasteiger partial charge in [0, 0.05) is 12.8 Å². The van der Waals surface area contributed by atoms with Crippen LogP contribution in [0.15, 0.2) is 60.8 Å². The Kier molecular flexibility index (Phi) is 37.4. The predicted octanol–water partition coefficient (Wildman–Crippen LogP) is 9.05. The molecule has 0 fully saturated rings. The Morgan fingerprint density at radius 3 is 1.79 bits per heavy atom. The van der Waals surface area contributed by atoms with Crippen LogP contribution in [0.5, 0.6) is 0 Å². The summed E-state index contributed by atoms with van der Waals surface area (Å²) < 4.78 is 32.5. The van der Waals surface area contributed by atoms with Crippen molar-refractivity contribution in [2.24, 2.45) is 0 Å². The molecule has 13 heteroatoms. The van der Waals surface area contributed by atoms with Gasteiger partial charge in [0.25, 0.3) is 0 Å². The number of hydrogen-bond acceptors (Lipinski definition) is 11. The fraction of sp³-hybridized carbons (Fsp3) is 0.727. The summed E-state index contributed by atoms with van der Waals surface area (Å²) >= 11 is 0. The molecule has 0 aromatic heterocycles. The highest BCUT2D eigenvalue weighted by Gasteiger charge is 2.27. The number of aliphatic hydroxyl groups excluding tert-OH is 4. The van der Waals surface area contributed by atoms with Gasteiger partial charge in [0.2, 0.25) is 0 Å². The lowest BCUT2D eigenvalue weighted by molar-refractivity contribution is -0.161. The summed E-state index contributed by atoms with van der Waals surface area (Å²) in [5.74, 6) is -1.23. The Hall–Kier alpha value is -2.41. The number of carbonyl (C=O) groups is 2. The molecule has 0 rings (SSSR count). The van der Waals surface area contributed by atoms with Crippen LogP contribution in [0.3, 0.4) is 0 Å². The van der Waals surface area contributed by atoms with E-state index in [1.54, 1.807) is 0 Å². The van der Waals surface area contributed by atoms with E-state index in [-0.39, 0.29) is 32.1 Å². The van der Waals surface area contributed by atoms with Gasteiger partial charge in [0.1, 0.15) is 12.7 Å². The van der Waals surface area contributed by atoms with Gasteiger partial charge in [-0.3, -0.25) is 18.6 Å². The summed E-state index contributed by atoms with van der Waals surface area (Å²) in [6.45, 7) is 1.96. The molecular formula is C44H77O12P. The topological polar surface area (TPSA) is 189 Å². The largest absolute Gasteiger partial charge is 0.472 e. The Labute approximate surface area is 343 Å². The van der Waals surface area contributed by atoms with Crippen LogP contribution in [0.4, 0.5) is 0 Å². The highest BCUT2D eigenvalue weighted by atomic mass is 31.2. The standard InChI is InChI=1S/C44H77O12P/c1-3-5-7-9-11-13-15-17-18-19-21-23-25-27-29-33-44(50)56-40(38-55-57(51,52)54-36-39(46)35-45)37-53-43(49)34-30-32-42(48)41(47)31-28-26-24-22-20-16-14-12-10-8-6-4-2/h12-15,17-18,20,22,26,28,39-42,45-48H,3-11,16,19,21,23-25,27,29-38H2,1-2H3,(H,51,52)/b14-12-,15-13-,18-17-,22-20-,28-26-/t39-,40+,41?,42?/m0/s1. The third kappa shape index (κ3) is 37.6. The van der Waals surface area contributed by atoms with Crippen LogP contribution < -0.4 is 0 Å². The maximum atomic E-state index is 12.6. The molecule has 0 aliphatic carbocycles. The molecule has 0 saturated heterocycles. The molecule has 0 aliphatic rings. The van der Waals surface area contributed by atoms with E-state index in [4.69, 9.17) is 19.1 Å². The zero-order chi connectivity index (χ0) is 42.2. The van der Waals surface area contributed by atoms with E-state index >= 15 is 0 Å². The van der Waals surface area contributed by atoms with Crippen molar-refractivity contribution in [2.45, 2.75) is 180 Å². The minimum Gasteiger partial charge on any atom is -0.462 e. The monoisotopic (exact) mass is 829 g/mol. The summed E-state index contributed by atoms with van der Waals surface area (Å²) in [5.41, 5.74) is 0. The molecule has 0 aromatic rings. The van der Waals surface area contributed by atoms with Gasteiger partial charge in [-0.15, -0.1) is 0 Å². The second-order valence-electron chi connectivity index (χ2n) is 14.3. The number of rotatable bonds is 39. The van der Waals surface area contributed by atoms with E-state index in [9.17, 15) is 34.4 Å². The van der Waals surface area contributed by atoms with Gasteiger partial charge >= 0.3 is 19.8 Å². The Morgan fingerprint density at radius 2 is 1.12 bits per heavy atom. The van der Waals surface area contributed by atoms with Crippen LogP contribution in [-0.4, -0.2) is 88.1 Å². The highest BCUT2D eigenvalue weighted by Crippen LogP contribution is 2.43. The molecule has 0 aliphatic heterocycles. The summed E-state index contributed by atoms with van der Waals surface area (Å²) in [4.78, 5) is 35.0. The minimum absolute atomic E-state index is 0.0781. The van der Waals surface area contributed by atoms with Crippen molar-refractivity contribution >= 4 is 19.8 Å². The number of phosphoric acid groups is 1. The molecule has 57 heavy (non-hydrogen) atoms. The first kappa shape index (κ1) is 54.6. The van der Waals surface area contributed by atoms with Gasteiger partial charge in [-0.1, -0.05) is 126 Å². The lowest BCUT2D eigenvalue weighted by atomic mass is 10.0. The molecule has 0 spiro atoms. The Morgan fingerprint density at radius 1 is 0.596 bits per heavy atom. The summed E-state index contributed by atoms with van der Waals surface area (Å²) in [7, 11) is -4.69. The molecule has 12 nitrogen and oxygen atoms in total. The van der Waals surface area contributed by atoms with Gasteiger partial charge in [-0.25, -0.2) is 4.57 Å². The van der Waals surface area contributed by atoms with Crippen LogP contribution in [0, 0.1) is 0 Å². The highest BCUT2D eigenvalue weighted by molar-refractivity contribution is 7.47. The molecule has 0 bridgehead atoms. The SMILES string of the molecule is CCCCC/C=C\C/C=C\C/C=C\CC(O)C(O)CCCC(=O)OC[C@H](COP(=O)(O)OC[C@@H](O)CO)OC(=O)CCCCCCC/C=C\C=C/CCCCCC. The zero-order valence-corrected chi connectivity index (χ0v) is 35.9. The summed E-state index contributed by atoms with van der Waals surface area (Å²) in [5, 5.41) is 39.0. The third-order valence-corrected chi connectivity index (χ3v) is 9.82. The second-order valence-corrected chi connectivity index (χ2v) is 15.8. The first-order valence-electron chi connectivity index (χ1n) is 21.4. The number of esters is 2. The van der Waals surface area contributed by atoms with Crippen molar-refractivity contribution in [1.82, 2.24) is 0 Å². The van der Waals surface area contributed by atoms with Crippen molar-refractivity contribution in [3.05, 3.63) is 60.8 Å². The van der Waals surface area contributed by atoms with Crippen LogP contribution in [0.25, 0.3) is 0 Å². The number of carbonyl (C=O) groups excluding carboxylic acids is 2. The first-order chi connectivity index (χ1) is 27.5. The van der Waals surface area contributed by atoms with Crippen molar-refractivity contribution in [3.8, 4) is 0 Å². The lowest BCUT2D eigenvalue weighted by Gasteiger charge is -2.20. The van der Waals surface area contributed by atoms with E-state index in [1.807, 2.05) is 12.2 Å². The number of aliphatic hydroxyl groups is 4. The molecule has 3 unspecified atom stereocenters. The molecule has 0 saturated carbocycles. The summed E-state index contributed by atoms with van der Waals surface area (Å²) in [6.07, 6.45) is 35.0. The average molecular weight is 829 g/mol. The number of hydrogen-bond donors (Lipinski definition) is 5. The van der Waals surface area contributed by atoms with E-state index in [0.717, 1.165) is 57.8 Å². The van der Waals surface area contributed by atoms with Crippen LogP contribution in [0.2, 0.25) is 0 Å². The zero-order valence-electron chi connectivity index (χ0n) is 35.0. The molecule has 5 atom stereocenters. The van der Waals surface area contributed by atoms with E-state index in [2.05, 4.69) is 67.0 Å². The molecule has 0 amide bonds. The van der Waals surface area contributed by atoms with Crippen molar-refractivity contribution in [1.29, 1.82) is 0 Å². The van der Waals surface area contributed by atoms with Gasteiger partial charge in [-0.05, 0) is 77.0 Å². The number of unbranched alkanes of at least 4 members (excludes halogenated alkanes) is 12. The second kappa shape index (κ2) is 39.1. The van der Waals surface area contributed by atoms with Crippen molar-refractivity contribution < 1.29 is 58.0 Å². The normalized spacial score (nSPS) is 15.6. The van der Waals surface area contributed by atoms with Gasteiger partial charge in [-0.2, -0.15) is 0 Å². The molecule has 0 radical (unpaired) electrons. The summed E-state index contributed by atoms with van der Waals surface area (Å²) in [6, 6.07) is 0. The smallest absolute Gasteiger partial charge is 0.462 e. The van der Waals surface area contributed by atoms with Crippen molar-refractivity contribution in [3.63, 3.8) is 0 Å². The van der Waals surface area contributed by atoms with E-state index in [0.29, 0.717) is 6.42 Å². The average Bonchev–Trinajstić information content (AvgIpc) is 3.19. The molecule has 5 N–H and O–H groups in total.